The molecule has 1 saturated heterocycles. The molecule has 0 spiro atoms. The summed E-state index contributed by atoms with van der Waals surface area (Å²) in [6, 6.07) is 13.2. The predicted molar refractivity (Wildman–Crippen MR) is 107 cm³/mol. The number of benzene rings is 2. The lowest BCUT2D eigenvalue weighted by molar-refractivity contribution is -0.123. The van der Waals surface area contributed by atoms with E-state index >= 15 is 0 Å². The maximum absolute atomic E-state index is 12.8. The van der Waals surface area contributed by atoms with Gasteiger partial charge >= 0.3 is 0 Å². The van der Waals surface area contributed by atoms with Crippen LogP contribution >= 0.6 is 11.8 Å². The minimum Gasteiger partial charge on any atom is -0.493 e. The van der Waals surface area contributed by atoms with Crippen molar-refractivity contribution in [1.29, 1.82) is 0 Å². The molecule has 2 amide bonds. The molecule has 1 heterocycles. The lowest BCUT2D eigenvalue weighted by Gasteiger charge is -2.13. The third-order valence-electron chi connectivity index (χ3n) is 4.10. The monoisotopic (exact) mass is 383 g/mol. The van der Waals surface area contributed by atoms with E-state index in [9.17, 15) is 9.59 Å². The van der Waals surface area contributed by atoms with Gasteiger partial charge in [0, 0.05) is 5.56 Å². The molecule has 0 aromatic heterocycles. The summed E-state index contributed by atoms with van der Waals surface area (Å²) in [5, 5.41) is -0.270. The van der Waals surface area contributed by atoms with E-state index in [1.807, 2.05) is 50.2 Å². The first-order chi connectivity index (χ1) is 13.0. The fraction of sp³-hybridized carbons (Fsp3) is 0.238. The third kappa shape index (κ3) is 4.17. The van der Waals surface area contributed by atoms with Crippen LogP contribution in [0.25, 0.3) is 6.08 Å². The Morgan fingerprint density at radius 3 is 2.63 bits per heavy atom. The van der Waals surface area contributed by atoms with Gasteiger partial charge in [-0.25, -0.2) is 0 Å². The van der Waals surface area contributed by atoms with Crippen molar-refractivity contribution in [2.24, 2.45) is 0 Å². The van der Waals surface area contributed by atoms with Gasteiger partial charge in [0.05, 0.1) is 25.2 Å². The first-order valence-electron chi connectivity index (χ1n) is 8.64. The van der Waals surface area contributed by atoms with Crippen molar-refractivity contribution in [1.82, 2.24) is 4.90 Å². The number of aryl methyl sites for hydroxylation is 1. The number of thioether (sulfide) groups is 1. The van der Waals surface area contributed by atoms with Crippen LogP contribution in [-0.2, 0) is 11.3 Å². The highest BCUT2D eigenvalue weighted by molar-refractivity contribution is 8.18. The summed E-state index contributed by atoms with van der Waals surface area (Å²) in [6.45, 7) is 4.59. The second kappa shape index (κ2) is 8.31. The van der Waals surface area contributed by atoms with Gasteiger partial charge in [-0.15, -0.1) is 0 Å². The molecule has 0 N–H and O–H groups in total. The van der Waals surface area contributed by atoms with Crippen molar-refractivity contribution in [3.63, 3.8) is 0 Å². The molecule has 0 radical (unpaired) electrons. The minimum atomic E-state index is -0.295. The molecule has 0 atom stereocenters. The Kier molecular flexibility index (Phi) is 5.86. The van der Waals surface area contributed by atoms with E-state index in [-0.39, 0.29) is 17.7 Å². The molecule has 1 aliphatic heterocycles. The Hall–Kier alpha value is -2.73. The van der Waals surface area contributed by atoms with Crippen LogP contribution < -0.4 is 9.47 Å². The molecule has 0 aliphatic carbocycles. The van der Waals surface area contributed by atoms with Crippen LogP contribution in [0.15, 0.2) is 47.4 Å². The van der Waals surface area contributed by atoms with Gasteiger partial charge in [0.1, 0.15) is 0 Å². The molecular formula is C21H21NO4S. The Morgan fingerprint density at radius 1 is 1.15 bits per heavy atom. The molecule has 2 aromatic carbocycles. The van der Waals surface area contributed by atoms with E-state index in [0.717, 1.165) is 22.9 Å². The lowest BCUT2D eigenvalue weighted by atomic mass is 10.1. The highest BCUT2D eigenvalue weighted by atomic mass is 32.2. The number of nitrogens with zero attached hydrogens (tertiary/aromatic N) is 1. The Morgan fingerprint density at radius 2 is 1.93 bits per heavy atom. The average molecular weight is 383 g/mol. The zero-order valence-electron chi connectivity index (χ0n) is 15.5. The molecule has 2 aromatic rings. The van der Waals surface area contributed by atoms with Crippen LogP contribution in [0, 0.1) is 6.92 Å². The normalized spacial score (nSPS) is 15.5. The minimum absolute atomic E-state index is 0.264. The number of hydrogen-bond donors (Lipinski definition) is 0. The predicted octanol–water partition coefficient (Wildman–Crippen LogP) is 4.64. The maximum atomic E-state index is 12.8. The molecule has 1 aliphatic rings. The van der Waals surface area contributed by atoms with E-state index in [0.29, 0.717) is 28.6 Å². The average Bonchev–Trinajstić information content (AvgIpc) is 2.91. The zero-order valence-corrected chi connectivity index (χ0v) is 16.3. The van der Waals surface area contributed by atoms with E-state index in [1.54, 1.807) is 19.3 Å². The Labute approximate surface area is 163 Å². The number of para-hydroxylation sites is 1. The van der Waals surface area contributed by atoms with E-state index in [1.165, 1.54) is 4.90 Å². The molecule has 0 saturated carbocycles. The zero-order chi connectivity index (χ0) is 19.4. The molecule has 0 bridgehead atoms. The summed E-state index contributed by atoms with van der Waals surface area (Å²) in [5.41, 5.74) is 2.72. The highest BCUT2D eigenvalue weighted by Crippen LogP contribution is 2.37. The van der Waals surface area contributed by atoms with Gasteiger partial charge in [-0.1, -0.05) is 42.0 Å². The standard InChI is InChI=1S/C21H21NO4S/c1-4-26-19-16(9-6-10-17(19)25-3)12-18-20(23)22(21(24)27-18)13-15-8-5-7-14(2)11-15/h5-12H,4,13H2,1-3H3/b18-12+. The Bertz CT molecular complexity index is 907. The number of rotatable bonds is 6. The third-order valence-corrected chi connectivity index (χ3v) is 5.01. The molecule has 6 heteroatoms. The van der Waals surface area contributed by atoms with Crippen molar-refractivity contribution in [3.05, 3.63) is 64.1 Å². The molecule has 27 heavy (non-hydrogen) atoms. The lowest BCUT2D eigenvalue weighted by Crippen LogP contribution is -2.27. The topological polar surface area (TPSA) is 55.8 Å². The van der Waals surface area contributed by atoms with E-state index < -0.39 is 0 Å². The fourth-order valence-corrected chi connectivity index (χ4v) is 3.71. The summed E-state index contributed by atoms with van der Waals surface area (Å²) >= 11 is 0.942. The SMILES string of the molecule is CCOc1c(/C=C2/SC(=O)N(Cc3cccc(C)c3)C2=O)cccc1OC. The first-order valence-corrected chi connectivity index (χ1v) is 9.46. The first kappa shape index (κ1) is 19.0. The number of ether oxygens (including phenoxy) is 2. The van der Waals surface area contributed by atoms with Crippen LogP contribution in [0.1, 0.15) is 23.6 Å². The van der Waals surface area contributed by atoms with Crippen molar-refractivity contribution < 1.29 is 19.1 Å². The largest absolute Gasteiger partial charge is 0.493 e. The van der Waals surface area contributed by atoms with Crippen LogP contribution in [-0.4, -0.2) is 29.8 Å². The Balaban J connectivity index is 1.88. The summed E-state index contributed by atoms with van der Waals surface area (Å²) in [6.07, 6.45) is 1.69. The van der Waals surface area contributed by atoms with E-state index in [2.05, 4.69) is 0 Å². The molecular weight excluding hydrogens is 362 g/mol. The molecule has 5 nitrogen and oxygen atoms in total. The number of methoxy groups -OCH3 is 1. The van der Waals surface area contributed by atoms with Gasteiger partial charge in [-0.05, 0) is 43.3 Å². The van der Waals surface area contributed by atoms with Gasteiger partial charge < -0.3 is 9.47 Å². The molecule has 3 rings (SSSR count). The van der Waals surface area contributed by atoms with Crippen LogP contribution in [0.4, 0.5) is 4.79 Å². The molecule has 140 valence electrons. The van der Waals surface area contributed by atoms with Crippen molar-refractivity contribution in [2.45, 2.75) is 20.4 Å². The summed E-state index contributed by atoms with van der Waals surface area (Å²) in [4.78, 5) is 26.8. The number of carbonyl (C=O) groups is 2. The number of carbonyl (C=O) groups excluding carboxylic acids is 2. The van der Waals surface area contributed by atoms with Crippen molar-refractivity contribution >= 4 is 29.0 Å². The summed E-state index contributed by atoms with van der Waals surface area (Å²) in [5.74, 6) is 0.856. The van der Waals surface area contributed by atoms with Crippen LogP contribution in [0.5, 0.6) is 11.5 Å². The van der Waals surface area contributed by atoms with Gasteiger partial charge in [0.15, 0.2) is 11.5 Å². The molecule has 1 fully saturated rings. The second-order valence-electron chi connectivity index (χ2n) is 6.07. The quantitative estimate of drug-likeness (QED) is 0.680. The van der Waals surface area contributed by atoms with Crippen LogP contribution in [0.3, 0.4) is 0 Å². The number of hydrogen-bond acceptors (Lipinski definition) is 5. The van der Waals surface area contributed by atoms with Crippen molar-refractivity contribution in [2.75, 3.05) is 13.7 Å². The van der Waals surface area contributed by atoms with Gasteiger partial charge in [-0.3, -0.25) is 14.5 Å². The maximum Gasteiger partial charge on any atom is 0.293 e. The fourth-order valence-electron chi connectivity index (χ4n) is 2.88. The highest BCUT2D eigenvalue weighted by Gasteiger charge is 2.35. The smallest absolute Gasteiger partial charge is 0.293 e. The summed E-state index contributed by atoms with van der Waals surface area (Å²) < 4.78 is 11.0. The van der Waals surface area contributed by atoms with Gasteiger partial charge in [0.2, 0.25) is 0 Å². The molecule has 0 unspecified atom stereocenters. The second-order valence-corrected chi connectivity index (χ2v) is 7.06. The van der Waals surface area contributed by atoms with Gasteiger partial charge in [0.25, 0.3) is 11.1 Å². The van der Waals surface area contributed by atoms with E-state index in [4.69, 9.17) is 9.47 Å². The summed E-state index contributed by atoms with van der Waals surface area (Å²) in [7, 11) is 1.57. The van der Waals surface area contributed by atoms with Gasteiger partial charge in [-0.2, -0.15) is 0 Å². The number of amides is 2. The number of imide groups is 1. The van der Waals surface area contributed by atoms with Crippen LogP contribution in [0.2, 0.25) is 0 Å². The van der Waals surface area contributed by atoms with Crippen molar-refractivity contribution in [3.8, 4) is 11.5 Å².